The van der Waals surface area contributed by atoms with Gasteiger partial charge in [-0.1, -0.05) is 0 Å². The second-order valence-corrected chi connectivity index (χ2v) is 8.93. The Bertz CT molecular complexity index is 1160. The lowest BCUT2D eigenvalue weighted by molar-refractivity contribution is 0.102. The first-order valence-electron chi connectivity index (χ1n) is 11.8. The van der Waals surface area contributed by atoms with Crippen molar-refractivity contribution < 1.29 is 14.3 Å². The van der Waals surface area contributed by atoms with Gasteiger partial charge in [0.25, 0.3) is 5.91 Å². The van der Waals surface area contributed by atoms with Crippen LogP contribution in [0.25, 0.3) is 5.65 Å². The molecule has 2 fully saturated rings. The Morgan fingerprint density at radius 1 is 1.06 bits per heavy atom. The number of nitrogens with zero attached hydrogens (tertiary/aromatic N) is 4. The number of nitrogens with one attached hydrogen (secondary N) is 4. The number of aromatic nitrogens is 4. The van der Waals surface area contributed by atoms with Gasteiger partial charge in [-0.15, -0.1) is 5.10 Å². The van der Waals surface area contributed by atoms with E-state index in [-0.39, 0.29) is 18.3 Å². The Kier molecular flexibility index (Phi) is 6.54. The van der Waals surface area contributed by atoms with E-state index >= 15 is 0 Å². The van der Waals surface area contributed by atoms with Gasteiger partial charge >= 0.3 is 0 Å². The third-order valence-electron chi connectivity index (χ3n) is 6.25. The summed E-state index contributed by atoms with van der Waals surface area (Å²) in [6, 6.07) is 5.74. The van der Waals surface area contributed by atoms with Crippen molar-refractivity contribution in [2.45, 2.75) is 56.7 Å². The predicted molar refractivity (Wildman–Crippen MR) is 127 cm³/mol. The molecule has 5 N–H and O–H groups in total. The fourth-order valence-corrected chi connectivity index (χ4v) is 4.34. The number of hydrogen-bond acceptors (Lipinski definition) is 8. The molecule has 0 aromatic carbocycles. The molecule has 10 nitrogen and oxygen atoms in total. The van der Waals surface area contributed by atoms with Crippen molar-refractivity contribution in [2.24, 2.45) is 0 Å². The van der Waals surface area contributed by atoms with Crippen LogP contribution in [0.5, 0.6) is 0 Å². The number of imidazole rings is 1. The number of aliphatic hydroxyl groups is 1. The number of hydrogen-bond donors (Lipinski definition) is 5. The number of aliphatic hydroxyl groups excluding tert-OH is 1. The summed E-state index contributed by atoms with van der Waals surface area (Å²) in [6.07, 6.45) is 8.99. The summed E-state index contributed by atoms with van der Waals surface area (Å²) in [4.78, 5) is 20.9. The molecule has 180 valence electrons. The van der Waals surface area contributed by atoms with E-state index < -0.39 is 11.9 Å². The Morgan fingerprint density at radius 3 is 2.53 bits per heavy atom. The molecule has 0 radical (unpaired) electrons. The normalized spacial score (nSPS) is 20.3. The van der Waals surface area contributed by atoms with E-state index in [9.17, 15) is 9.18 Å². The van der Waals surface area contributed by atoms with Crippen molar-refractivity contribution in [3.05, 3.63) is 42.2 Å². The number of carbonyl (C=O) groups is 1. The van der Waals surface area contributed by atoms with Crippen molar-refractivity contribution >= 4 is 28.7 Å². The molecule has 2 saturated carbocycles. The fraction of sp³-hybridized carbons (Fsp3) is 0.478. The Hall–Kier alpha value is -3.31. The van der Waals surface area contributed by atoms with Gasteiger partial charge in [-0.2, -0.15) is 4.39 Å². The second kappa shape index (κ2) is 9.90. The highest BCUT2D eigenvalue weighted by atomic mass is 19.1. The van der Waals surface area contributed by atoms with E-state index in [2.05, 4.69) is 36.3 Å². The van der Waals surface area contributed by atoms with E-state index in [1.165, 1.54) is 23.0 Å². The number of rotatable bonds is 9. The number of carbonyl (C=O) groups excluding carboxylic acids is 1. The molecule has 2 aliphatic carbocycles. The molecule has 0 aliphatic heterocycles. The van der Waals surface area contributed by atoms with Crippen LogP contribution in [0, 0.1) is 5.95 Å². The van der Waals surface area contributed by atoms with E-state index in [4.69, 9.17) is 5.11 Å². The molecule has 0 atom stereocenters. The zero-order valence-corrected chi connectivity index (χ0v) is 18.8. The highest BCUT2D eigenvalue weighted by Gasteiger charge is 2.26. The topological polar surface area (TPSA) is 128 Å². The molecule has 2 aliphatic rings. The second-order valence-electron chi connectivity index (χ2n) is 8.93. The van der Waals surface area contributed by atoms with E-state index in [1.807, 2.05) is 6.07 Å². The third kappa shape index (κ3) is 5.26. The molecule has 11 heteroatoms. The minimum absolute atomic E-state index is 0.149. The summed E-state index contributed by atoms with van der Waals surface area (Å²) < 4.78 is 15.0. The molecule has 34 heavy (non-hydrogen) atoms. The van der Waals surface area contributed by atoms with Crippen molar-refractivity contribution in [3.63, 3.8) is 0 Å². The number of anilines is 3. The maximum Gasteiger partial charge on any atom is 0.276 e. The zero-order chi connectivity index (χ0) is 23.5. The summed E-state index contributed by atoms with van der Waals surface area (Å²) >= 11 is 0. The summed E-state index contributed by atoms with van der Waals surface area (Å²) in [7, 11) is 0. The summed E-state index contributed by atoms with van der Waals surface area (Å²) in [5, 5.41) is 26.8. The molecule has 0 saturated heterocycles. The van der Waals surface area contributed by atoms with E-state index in [0.29, 0.717) is 35.8 Å². The van der Waals surface area contributed by atoms with Crippen molar-refractivity contribution in [2.75, 3.05) is 29.1 Å². The van der Waals surface area contributed by atoms with E-state index in [1.54, 1.807) is 0 Å². The SMILES string of the molecule is O=C(Nc1ccnc(F)c1)c1cnc2c(NC3CC3)cc(NC3CCC(NCCO)CC3)nn12. The molecule has 1 amide bonds. The molecule has 3 aromatic rings. The number of pyridine rings is 1. The maximum absolute atomic E-state index is 13.4. The van der Waals surface area contributed by atoms with Crippen molar-refractivity contribution in [3.8, 4) is 0 Å². The molecule has 0 spiro atoms. The van der Waals surface area contributed by atoms with Crippen LogP contribution in [-0.2, 0) is 0 Å². The molecule has 3 heterocycles. The molecular formula is C23H29FN8O2. The summed E-state index contributed by atoms with van der Waals surface area (Å²) in [6.45, 7) is 0.768. The van der Waals surface area contributed by atoms with Crippen LogP contribution >= 0.6 is 0 Å². The van der Waals surface area contributed by atoms with Crippen LogP contribution < -0.4 is 21.3 Å². The highest BCUT2D eigenvalue weighted by molar-refractivity contribution is 6.03. The van der Waals surface area contributed by atoms with Gasteiger partial charge in [0.05, 0.1) is 18.5 Å². The number of amides is 1. The minimum atomic E-state index is -0.669. The van der Waals surface area contributed by atoms with Gasteiger partial charge in [0.1, 0.15) is 5.82 Å². The largest absolute Gasteiger partial charge is 0.395 e. The third-order valence-corrected chi connectivity index (χ3v) is 6.25. The lowest BCUT2D eigenvalue weighted by atomic mass is 9.91. The van der Waals surface area contributed by atoms with Gasteiger partial charge in [0, 0.05) is 48.7 Å². The average molecular weight is 469 g/mol. The number of halogens is 1. The van der Waals surface area contributed by atoms with Gasteiger partial charge in [-0.25, -0.2) is 14.5 Å². The Balaban J connectivity index is 1.36. The van der Waals surface area contributed by atoms with Crippen molar-refractivity contribution in [1.82, 2.24) is 24.9 Å². The number of fused-ring (bicyclic) bond motifs is 1. The first-order chi connectivity index (χ1) is 16.6. The fourth-order valence-electron chi connectivity index (χ4n) is 4.34. The van der Waals surface area contributed by atoms with Crippen molar-refractivity contribution in [1.29, 1.82) is 0 Å². The van der Waals surface area contributed by atoms with Gasteiger partial charge < -0.3 is 26.4 Å². The van der Waals surface area contributed by atoms with Gasteiger partial charge in [0.15, 0.2) is 11.3 Å². The molecular weight excluding hydrogens is 439 g/mol. The molecule has 3 aromatic heterocycles. The first kappa shape index (κ1) is 22.5. The van der Waals surface area contributed by atoms with Crippen LogP contribution in [0.15, 0.2) is 30.6 Å². The van der Waals surface area contributed by atoms with Gasteiger partial charge in [-0.3, -0.25) is 4.79 Å². The smallest absolute Gasteiger partial charge is 0.276 e. The Morgan fingerprint density at radius 2 is 1.79 bits per heavy atom. The lowest BCUT2D eigenvalue weighted by Crippen LogP contribution is -2.38. The predicted octanol–water partition coefficient (Wildman–Crippen LogP) is 2.39. The molecule has 5 rings (SSSR count). The van der Waals surface area contributed by atoms with Gasteiger partial charge in [-0.05, 0) is 44.6 Å². The van der Waals surface area contributed by atoms with Crippen LogP contribution in [0.2, 0.25) is 0 Å². The monoisotopic (exact) mass is 468 g/mol. The summed E-state index contributed by atoms with van der Waals surface area (Å²) in [5.74, 6) is -0.433. The maximum atomic E-state index is 13.4. The summed E-state index contributed by atoms with van der Waals surface area (Å²) in [5.41, 5.74) is 1.96. The minimum Gasteiger partial charge on any atom is -0.395 e. The zero-order valence-electron chi connectivity index (χ0n) is 18.8. The Labute approximate surface area is 196 Å². The molecule has 0 unspecified atom stereocenters. The lowest BCUT2D eigenvalue weighted by Gasteiger charge is -2.30. The van der Waals surface area contributed by atoms with E-state index in [0.717, 1.165) is 50.3 Å². The average Bonchev–Trinajstić information content (AvgIpc) is 3.54. The quantitative estimate of drug-likeness (QED) is 0.303. The van der Waals surface area contributed by atoms with Crippen LogP contribution in [0.1, 0.15) is 49.0 Å². The first-order valence-corrected chi connectivity index (χ1v) is 11.8. The van der Waals surface area contributed by atoms with Crippen LogP contribution in [0.3, 0.4) is 0 Å². The van der Waals surface area contributed by atoms with Crippen LogP contribution in [0.4, 0.5) is 21.6 Å². The molecule has 0 bridgehead atoms. The standard InChI is InChI=1S/C23H29FN8O2/c24-20-11-17(7-8-26-20)30-23(34)19-13-27-22-18(28-15-5-6-15)12-21(31-32(19)22)29-16-3-1-14(2-4-16)25-9-10-33/h7-8,11-16,25,28,33H,1-6,9-10H2,(H,29,31)(H,26,30,34). The van der Waals surface area contributed by atoms with Crippen LogP contribution in [-0.4, -0.2) is 61.9 Å². The van der Waals surface area contributed by atoms with Gasteiger partial charge in [0.2, 0.25) is 5.95 Å². The highest BCUT2D eigenvalue weighted by Crippen LogP contribution is 2.30.